The molecule has 20 heavy (non-hydrogen) atoms. The smallest absolute Gasteiger partial charge is 0.128 e. The van der Waals surface area contributed by atoms with Gasteiger partial charge < -0.3 is 5.32 Å². The van der Waals surface area contributed by atoms with E-state index in [1.165, 1.54) is 6.07 Å². The molecule has 5 heteroatoms. The number of fused-ring (bicyclic) bond motifs is 1. The molecule has 0 aliphatic carbocycles. The molecule has 2 N–H and O–H groups in total. The van der Waals surface area contributed by atoms with Crippen LogP contribution in [0, 0.1) is 11.6 Å². The largest absolute Gasteiger partial charge is 0.377 e. The Morgan fingerprint density at radius 2 is 2.05 bits per heavy atom. The zero-order chi connectivity index (χ0) is 14.1. The van der Waals surface area contributed by atoms with Crippen molar-refractivity contribution in [2.75, 3.05) is 5.32 Å². The summed E-state index contributed by atoms with van der Waals surface area (Å²) in [5.74, 6) is -0.877. The molecule has 3 rings (SSSR count). The number of nitrogens with one attached hydrogen (secondary N) is 2. The highest BCUT2D eigenvalue weighted by Crippen LogP contribution is 2.26. The van der Waals surface area contributed by atoms with Crippen molar-refractivity contribution in [2.45, 2.75) is 13.0 Å². The van der Waals surface area contributed by atoms with Crippen molar-refractivity contribution >= 4 is 16.6 Å². The second-order valence-electron chi connectivity index (χ2n) is 4.67. The van der Waals surface area contributed by atoms with Crippen molar-refractivity contribution < 1.29 is 8.78 Å². The molecule has 0 bridgehead atoms. The molecule has 0 aliphatic rings. The molecule has 2 aromatic carbocycles. The van der Waals surface area contributed by atoms with Gasteiger partial charge >= 0.3 is 0 Å². The second kappa shape index (κ2) is 4.92. The molecule has 0 amide bonds. The van der Waals surface area contributed by atoms with Gasteiger partial charge in [0.15, 0.2) is 0 Å². The summed E-state index contributed by atoms with van der Waals surface area (Å²) >= 11 is 0. The number of nitrogens with zero attached hydrogens (tertiary/aromatic N) is 1. The van der Waals surface area contributed by atoms with E-state index in [9.17, 15) is 8.78 Å². The fraction of sp³-hybridized carbons (Fsp3) is 0.133. The Hall–Kier alpha value is -2.43. The van der Waals surface area contributed by atoms with Crippen LogP contribution in [0.2, 0.25) is 0 Å². The highest BCUT2D eigenvalue weighted by atomic mass is 19.1. The lowest BCUT2D eigenvalue weighted by atomic mass is 10.1. The van der Waals surface area contributed by atoms with Crippen molar-refractivity contribution in [3.05, 3.63) is 59.8 Å². The minimum atomic E-state index is -0.449. The average Bonchev–Trinajstić information content (AvgIpc) is 2.91. The predicted molar refractivity (Wildman–Crippen MR) is 74.5 cm³/mol. The number of hydrogen-bond donors (Lipinski definition) is 2. The first kappa shape index (κ1) is 12.6. The van der Waals surface area contributed by atoms with Crippen LogP contribution >= 0.6 is 0 Å². The number of H-pyrrole nitrogens is 1. The molecule has 3 aromatic rings. The van der Waals surface area contributed by atoms with E-state index in [0.717, 1.165) is 28.7 Å². The zero-order valence-electron chi connectivity index (χ0n) is 10.8. The van der Waals surface area contributed by atoms with E-state index in [2.05, 4.69) is 15.5 Å². The van der Waals surface area contributed by atoms with Gasteiger partial charge in [-0.15, -0.1) is 0 Å². The highest BCUT2D eigenvalue weighted by Gasteiger charge is 2.13. The Labute approximate surface area is 114 Å². The lowest BCUT2D eigenvalue weighted by Gasteiger charge is -2.17. The van der Waals surface area contributed by atoms with E-state index in [1.807, 2.05) is 18.2 Å². The van der Waals surface area contributed by atoms with E-state index in [4.69, 9.17) is 0 Å². The fourth-order valence-corrected chi connectivity index (χ4v) is 2.25. The summed E-state index contributed by atoms with van der Waals surface area (Å²) in [5.41, 5.74) is 1.94. The van der Waals surface area contributed by atoms with Crippen molar-refractivity contribution in [3.8, 4) is 0 Å². The number of benzene rings is 2. The van der Waals surface area contributed by atoms with Crippen LogP contribution in [0.15, 0.2) is 42.6 Å². The number of hydrogen-bond acceptors (Lipinski definition) is 2. The molecule has 1 atom stereocenters. The van der Waals surface area contributed by atoms with Gasteiger partial charge in [0.05, 0.1) is 23.4 Å². The molecule has 1 heterocycles. The molecule has 102 valence electrons. The van der Waals surface area contributed by atoms with E-state index in [1.54, 1.807) is 13.1 Å². The van der Waals surface area contributed by atoms with Crippen LogP contribution in [-0.2, 0) is 0 Å². The molecule has 1 aromatic heterocycles. The van der Waals surface area contributed by atoms with Gasteiger partial charge in [-0.1, -0.05) is 12.1 Å². The van der Waals surface area contributed by atoms with Crippen LogP contribution in [0.25, 0.3) is 10.9 Å². The first-order valence-electron chi connectivity index (χ1n) is 6.29. The minimum absolute atomic E-state index is 0.293. The first-order valence-corrected chi connectivity index (χ1v) is 6.29. The molecule has 0 saturated carbocycles. The number of para-hydroxylation sites is 1. The third kappa shape index (κ3) is 2.22. The Kier molecular flexibility index (Phi) is 3.10. The zero-order valence-corrected chi connectivity index (χ0v) is 10.8. The molecule has 0 aliphatic heterocycles. The van der Waals surface area contributed by atoms with Crippen LogP contribution in [-0.4, -0.2) is 10.2 Å². The number of aromatic nitrogens is 2. The highest BCUT2D eigenvalue weighted by molar-refractivity contribution is 5.90. The lowest BCUT2D eigenvalue weighted by Crippen LogP contribution is -2.09. The van der Waals surface area contributed by atoms with Gasteiger partial charge in [0.25, 0.3) is 0 Å². The van der Waals surface area contributed by atoms with Crippen molar-refractivity contribution in [3.63, 3.8) is 0 Å². The van der Waals surface area contributed by atoms with Gasteiger partial charge in [0.1, 0.15) is 11.6 Å². The van der Waals surface area contributed by atoms with Crippen LogP contribution in [0.5, 0.6) is 0 Å². The quantitative estimate of drug-likeness (QED) is 0.756. The molecule has 0 spiro atoms. The predicted octanol–water partition coefficient (Wildman–Crippen LogP) is 4.01. The summed E-state index contributed by atoms with van der Waals surface area (Å²) in [6, 6.07) is 8.78. The molecular formula is C15H13F2N3. The molecule has 0 fully saturated rings. The Morgan fingerprint density at radius 3 is 2.90 bits per heavy atom. The van der Waals surface area contributed by atoms with E-state index < -0.39 is 11.6 Å². The monoisotopic (exact) mass is 273 g/mol. The van der Waals surface area contributed by atoms with Crippen LogP contribution in [0.3, 0.4) is 0 Å². The summed E-state index contributed by atoms with van der Waals surface area (Å²) in [4.78, 5) is 0. The Bertz CT molecular complexity index is 752. The number of anilines is 1. The van der Waals surface area contributed by atoms with Crippen LogP contribution in [0.4, 0.5) is 14.5 Å². The summed E-state index contributed by atoms with van der Waals surface area (Å²) in [6.07, 6.45) is 1.72. The van der Waals surface area contributed by atoms with Gasteiger partial charge in [-0.2, -0.15) is 5.10 Å². The minimum Gasteiger partial charge on any atom is -0.377 e. The number of rotatable bonds is 3. The number of halogens is 2. The summed E-state index contributed by atoms with van der Waals surface area (Å²) < 4.78 is 27.0. The van der Waals surface area contributed by atoms with Crippen molar-refractivity contribution in [1.82, 2.24) is 10.2 Å². The van der Waals surface area contributed by atoms with Crippen LogP contribution < -0.4 is 5.32 Å². The third-order valence-corrected chi connectivity index (χ3v) is 3.27. The van der Waals surface area contributed by atoms with E-state index >= 15 is 0 Å². The SMILES string of the molecule is CC(Nc1cccc2cn[nH]c12)c1cc(F)ccc1F. The fourth-order valence-electron chi connectivity index (χ4n) is 2.25. The maximum absolute atomic E-state index is 13.7. The van der Waals surface area contributed by atoms with Gasteiger partial charge in [-0.3, -0.25) is 5.10 Å². The molecule has 3 nitrogen and oxygen atoms in total. The Morgan fingerprint density at radius 1 is 1.20 bits per heavy atom. The average molecular weight is 273 g/mol. The maximum atomic E-state index is 13.7. The maximum Gasteiger partial charge on any atom is 0.128 e. The summed E-state index contributed by atoms with van der Waals surface area (Å²) in [5, 5.41) is 11.0. The number of aromatic amines is 1. The van der Waals surface area contributed by atoms with Gasteiger partial charge in [0, 0.05) is 10.9 Å². The molecular weight excluding hydrogens is 260 g/mol. The first-order chi connectivity index (χ1) is 9.65. The summed E-state index contributed by atoms with van der Waals surface area (Å²) in [7, 11) is 0. The van der Waals surface area contributed by atoms with Crippen molar-refractivity contribution in [2.24, 2.45) is 0 Å². The molecule has 0 radical (unpaired) electrons. The summed E-state index contributed by atoms with van der Waals surface area (Å²) in [6.45, 7) is 1.78. The molecule has 1 unspecified atom stereocenters. The van der Waals surface area contributed by atoms with Crippen molar-refractivity contribution in [1.29, 1.82) is 0 Å². The van der Waals surface area contributed by atoms with Gasteiger partial charge in [0.2, 0.25) is 0 Å². The van der Waals surface area contributed by atoms with E-state index in [-0.39, 0.29) is 6.04 Å². The van der Waals surface area contributed by atoms with E-state index in [0.29, 0.717) is 5.56 Å². The standard InChI is InChI=1S/C15H13F2N3/c1-9(12-7-11(16)5-6-13(12)17)19-14-4-2-3-10-8-18-20-15(10)14/h2-9,19H,1H3,(H,18,20). The lowest BCUT2D eigenvalue weighted by molar-refractivity contribution is 0.577. The Balaban J connectivity index is 1.94. The van der Waals surface area contributed by atoms with Gasteiger partial charge in [-0.05, 0) is 31.2 Å². The molecule has 0 saturated heterocycles. The third-order valence-electron chi connectivity index (χ3n) is 3.27. The van der Waals surface area contributed by atoms with Gasteiger partial charge in [-0.25, -0.2) is 8.78 Å². The topological polar surface area (TPSA) is 40.7 Å². The van der Waals surface area contributed by atoms with Crippen LogP contribution in [0.1, 0.15) is 18.5 Å². The normalized spacial score (nSPS) is 12.6. The second-order valence-corrected chi connectivity index (χ2v) is 4.67.